The Balaban J connectivity index is 1.24. The van der Waals surface area contributed by atoms with Gasteiger partial charge in [0.2, 0.25) is 5.91 Å². The molecular weight excluding hydrogens is 448 g/mol. The minimum absolute atomic E-state index is 0.0282. The number of rotatable bonds is 8. The molecule has 2 aliphatic carbocycles. The molecule has 2 fully saturated rings. The maximum atomic E-state index is 13.1. The number of ether oxygens (including phenoxy) is 2. The van der Waals surface area contributed by atoms with Gasteiger partial charge in [0.05, 0.1) is 19.3 Å². The third kappa shape index (κ3) is 4.62. The van der Waals surface area contributed by atoms with E-state index in [0.717, 1.165) is 35.1 Å². The molecule has 0 bridgehead atoms. The van der Waals surface area contributed by atoms with Crippen LogP contribution in [0.3, 0.4) is 0 Å². The summed E-state index contributed by atoms with van der Waals surface area (Å²) in [5, 5.41) is 15.1. The third-order valence-corrected chi connectivity index (χ3v) is 7.48. The monoisotopic (exact) mass is 478 g/mol. The number of amides is 2. The van der Waals surface area contributed by atoms with E-state index >= 15 is 0 Å². The normalized spacial score (nSPS) is 23.7. The van der Waals surface area contributed by atoms with E-state index in [1.54, 1.807) is 6.92 Å². The van der Waals surface area contributed by atoms with Crippen molar-refractivity contribution in [2.45, 2.75) is 44.2 Å². The van der Waals surface area contributed by atoms with Gasteiger partial charge in [-0.05, 0) is 41.5 Å². The van der Waals surface area contributed by atoms with Gasteiger partial charge in [-0.2, -0.15) is 0 Å². The van der Waals surface area contributed by atoms with E-state index in [0.29, 0.717) is 12.3 Å². The van der Waals surface area contributed by atoms with Crippen LogP contribution in [0.4, 0.5) is 4.79 Å². The number of aliphatic carboxylic acids is 1. The van der Waals surface area contributed by atoms with Gasteiger partial charge in [-0.1, -0.05) is 61.4 Å². The lowest BCUT2D eigenvalue weighted by atomic mass is 9.85. The lowest BCUT2D eigenvalue weighted by Crippen LogP contribution is -2.55. The second-order valence-corrected chi connectivity index (χ2v) is 10.0. The zero-order valence-electron chi connectivity index (χ0n) is 19.7. The Morgan fingerprint density at radius 3 is 2.31 bits per heavy atom. The first-order valence-electron chi connectivity index (χ1n) is 12.1. The van der Waals surface area contributed by atoms with Crippen LogP contribution in [0.2, 0.25) is 0 Å². The smallest absolute Gasteiger partial charge is 0.407 e. The van der Waals surface area contributed by atoms with Crippen molar-refractivity contribution in [3.63, 3.8) is 0 Å². The van der Waals surface area contributed by atoms with Crippen LogP contribution >= 0.6 is 0 Å². The number of fused-ring (bicyclic) bond motifs is 3. The molecule has 8 heteroatoms. The SMILES string of the molecule is CC1(C(=O)O)COCC1NC(=O)[C@H](CC1CC1)NC(=O)OCC1c2ccccc2-c2ccccc21. The number of hydrogen-bond donors (Lipinski definition) is 3. The largest absolute Gasteiger partial charge is 0.481 e. The minimum Gasteiger partial charge on any atom is -0.481 e. The Morgan fingerprint density at radius 1 is 1.09 bits per heavy atom. The number of nitrogens with one attached hydrogen (secondary N) is 2. The highest BCUT2D eigenvalue weighted by atomic mass is 16.5. The number of alkyl carbamates (subject to hydrolysis) is 1. The lowest BCUT2D eigenvalue weighted by molar-refractivity contribution is -0.149. The summed E-state index contributed by atoms with van der Waals surface area (Å²) in [6.45, 7) is 1.86. The van der Waals surface area contributed by atoms with E-state index in [1.807, 2.05) is 36.4 Å². The van der Waals surface area contributed by atoms with E-state index in [2.05, 4.69) is 22.8 Å². The van der Waals surface area contributed by atoms with Gasteiger partial charge in [-0.3, -0.25) is 9.59 Å². The van der Waals surface area contributed by atoms with Crippen molar-refractivity contribution in [1.29, 1.82) is 0 Å². The molecule has 2 unspecified atom stereocenters. The second kappa shape index (κ2) is 9.34. The van der Waals surface area contributed by atoms with Crippen LogP contribution in [-0.2, 0) is 19.1 Å². The zero-order chi connectivity index (χ0) is 24.6. The molecule has 1 aliphatic heterocycles. The summed E-state index contributed by atoms with van der Waals surface area (Å²) >= 11 is 0. The summed E-state index contributed by atoms with van der Waals surface area (Å²) in [7, 11) is 0. The van der Waals surface area contributed by atoms with Gasteiger partial charge in [-0.15, -0.1) is 0 Å². The lowest BCUT2D eigenvalue weighted by Gasteiger charge is -2.27. The van der Waals surface area contributed by atoms with Crippen molar-refractivity contribution in [2.75, 3.05) is 19.8 Å². The molecule has 1 heterocycles. The fourth-order valence-corrected chi connectivity index (χ4v) is 5.06. The highest BCUT2D eigenvalue weighted by Crippen LogP contribution is 2.44. The molecule has 2 aromatic rings. The fraction of sp³-hybridized carbons (Fsp3) is 0.444. The molecule has 1 saturated heterocycles. The van der Waals surface area contributed by atoms with Crippen molar-refractivity contribution in [1.82, 2.24) is 10.6 Å². The molecule has 184 valence electrons. The first-order valence-corrected chi connectivity index (χ1v) is 12.1. The van der Waals surface area contributed by atoms with Crippen LogP contribution in [0.25, 0.3) is 11.1 Å². The fourth-order valence-electron chi connectivity index (χ4n) is 5.06. The third-order valence-electron chi connectivity index (χ3n) is 7.48. The Hall–Kier alpha value is -3.39. The summed E-state index contributed by atoms with van der Waals surface area (Å²) in [6.07, 6.45) is 1.86. The summed E-state index contributed by atoms with van der Waals surface area (Å²) in [6, 6.07) is 14.7. The molecule has 3 N–H and O–H groups in total. The average molecular weight is 479 g/mol. The Kier molecular flexibility index (Phi) is 6.23. The van der Waals surface area contributed by atoms with Gasteiger partial charge in [0.1, 0.15) is 18.1 Å². The van der Waals surface area contributed by atoms with Crippen LogP contribution in [0.5, 0.6) is 0 Å². The maximum Gasteiger partial charge on any atom is 0.407 e. The minimum atomic E-state index is -1.20. The predicted octanol–water partition coefficient (Wildman–Crippen LogP) is 3.30. The molecule has 0 spiro atoms. The molecule has 5 rings (SSSR count). The summed E-state index contributed by atoms with van der Waals surface area (Å²) < 4.78 is 11.0. The topological polar surface area (TPSA) is 114 Å². The molecule has 0 radical (unpaired) electrons. The van der Waals surface area contributed by atoms with E-state index in [9.17, 15) is 19.5 Å². The summed E-state index contributed by atoms with van der Waals surface area (Å²) in [4.78, 5) is 37.6. The maximum absolute atomic E-state index is 13.1. The number of carbonyl (C=O) groups is 3. The number of hydrogen-bond acceptors (Lipinski definition) is 5. The van der Waals surface area contributed by atoms with Crippen LogP contribution < -0.4 is 10.6 Å². The van der Waals surface area contributed by atoms with E-state index in [4.69, 9.17) is 9.47 Å². The first-order chi connectivity index (χ1) is 16.9. The average Bonchev–Trinajstić information content (AvgIpc) is 3.51. The Bertz CT molecular complexity index is 1100. The standard InChI is InChI=1S/C27H30N2O6/c1-27(25(31)32)15-34-14-23(27)29-24(30)22(12-16-10-11-16)28-26(33)35-13-21-19-8-4-2-6-17(19)18-7-3-5-9-20(18)21/h2-9,16,21-23H,10-15H2,1H3,(H,28,33)(H,29,30)(H,31,32)/t22-,23?,27?/m0/s1. The number of carbonyl (C=O) groups excluding carboxylic acids is 2. The summed E-state index contributed by atoms with van der Waals surface area (Å²) in [5.41, 5.74) is 3.31. The molecule has 8 nitrogen and oxygen atoms in total. The van der Waals surface area contributed by atoms with Gasteiger partial charge < -0.3 is 25.2 Å². The molecule has 3 aliphatic rings. The van der Waals surface area contributed by atoms with E-state index in [1.165, 1.54) is 0 Å². The van der Waals surface area contributed by atoms with Gasteiger partial charge in [0.15, 0.2) is 0 Å². The van der Waals surface area contributed by atoms with Crippen molar-refractivity contribution in [2.24, 2.45) is 11.3 Å². The molecule has 2 aromatic carbocycles. The quantitative estimate of drug-likeness (QED) is 0.537. The number of benzene rings is 2. The predicted molar refractivity (Wildman–Crippen MR) is 128 cm³/mol. The Labute approximate surface area is 204 Å². The number of carboxylic acids is 1. The van der Waals surface area contributed by atoms with Crippen molar-refractivity contribution in [3.8, 4) is 11.1 Å². The Morgan fingerprint density at radius 2 is 1.71 bits per heavy atom. The zero-order valence-corrected chi connectivity index (χ0v) is 19.7. The molecule has 1 saturated carbocycles. The van der Waals surface area contributed by atoms with Gasteiger partial charge in [0, 0.05) is 5.92 Å². The van der Waals surface area contributed by atoms with Crippen molar-refractivity contribution >= 4 is 18.0 Å². The molecule has 35 heavy (non-hydrogen) atoms. The van der Waals surface area contributed by atoms with Crippen molar-refractivity contribution < 1.29 is 29.0 Å². The van der Waals surface area contributed by atoms with Crippen LogP contribution in [0.15, 0.2) is 48.5 Å². The van der Waals surface area contributed by atoms with E-state index < -0.39 is 35.5 Å². The number of carboxylic acid groups (broad SMARTS) is 1. The van der Waals surface area contributed by atoms with Crippen LogP contribution in [-0.4, -0.2) is 55.0 Å². The molecule has 3 atom stereocenters. The summed E-state index contributed by atoms with van der Waals surface area (Å²) in [5.74, 6) is -1.14. The van der Waals surface area contributed by atoms with Gasteiger partial charge in [0.25, 0.3) is 0 Å². The molecule has 2 amide bonds. The molecular formula is C27H30N2O6. The van der Waals surface area contributed by atoms with Gasteiger partial charge in [-0.25, -0.2) is 4.79 Å². The van der Waals surface area contributed by atoms with Crippen LogP contribution in [0.1, 0.15) is 43.2 Å². The van der Waals surface area contributed by atoms with Gasteiger partial charge >= 0.3 is 12.1 Å². The molecule has 0 aromatic heterocycles. The highest BCUT2D eigenvalue weighted by Gasteiger charge is 2.48. The second-order valence-electron chi connectivity index (χ2n) is 10.0. The van der Waals surface area contributed by atoms with Crippen molar-refractivity contribution in [3.05, 3.63) is 59.7 Å². The van der Waals surface area contributed by atoms with E-state index in [-0.39, 0.29) is 25.7 Å². The first kappa shape index (κ1) is 23.4. The highest BCUT2D eigenvalue weighted by molar-refractivity contribution is 5.87. The van der Waals surface area contributed by atoms with Crippen LogP contribution in [0, 0.1) is 11.3 Å².